The zero-order valence-corrected chi connectivity index (χ0v) is 7.75. The van der Waals surface area contributed by atoms with Gasteiger partial charge in [0.2, 0.25) is 5.91 Å². The third-order valence-electron chi connectivity index (χ3n) is 3.29. The number of fused-ring (bicyclic) bond motifs is 2. The molecule has 0 radical (unpaired) electrons. The number of hydrogen-bond donors (Lipinski definition) is 3. The molecule has 0 aromatic rings. The van der Waals surface area contributed by atoms with Gasteiger partial charge in [0.25, 0.3) is 0 Å². The number of nitrogens with two attached hydrogens (primary N) is 2. The Morgan fingerprint density at radius 1 is 1.31 bits per heavy atom. The van der Waals surface area contributed by atoms with Crippen molar-refractivity contribution in [2.24, 2.45) is 11.5 Å². The number of piperidine rings is 2. The van der Waals surface area contributed by atoms with Crippen molar-refractivity contribution in [3.8, 4) is 0 Å². The van der Waals surface area contributed by atoms with E-state index in [0.717, 1.165) is 12.8 Å². The van der Waals surface area contributed by atoms with Crippen molar-refractivity contribution < 1.29 is 4.79 Å². The molecule has 2 heterocycles. The maximum atomic E-state index is 11.2. The van der Waals surface area contributed by atoms with E-state index in [4.69, 9.17) is 11.5 Å². The monoisotopic (exact) mass is 183 g/mol. The zero-order valence-electron chi connectivity index (χ0n) is 7.75. The first-order chi connectivity index (χ1) is 6.10. The number of amides is 1. The van der Waals surface area contributed by atoms with E-state index in [-0.39, 0.29) is 5.91 Å². The number of carbonyl (C=O) groups is 1. The normalized spacial score (nSPS) is 44.4. The Morgan fingerprint density at radius 2 is 1.85 bits per heavy atom. The quantitative estimate of drug-likeness (QED) is 0.511. The highest BCUT2D eigenvalue weighted by Crippen LogP contribution is 2.30. The topological polar surface area (TPSA) is 81.1 Å². The van der Waals surface area contributed by atoms with E-state index in [1.54, 1.807) is 0 Å². The van der Waals surface area contributed by atoms with Crippen molar-refractivity contribution in [2.75, 3.05) is 0 Å². The molecule has 0 saturated carbocycles. The summed E-state index contributed by atoms with van der Waals surface area (Å²) in [4.78, 5) is 11.2. The molecular formula is C9H17N3O. The highest BCUT2D eigenvalue weighted by Gasteiger charge is 2.42. The van der Waals surface area contributed by atoms with Crippen LogP contribution in [0.3, 0.4) is 0 Å². The van der Waals surface area contributed by atoms with E-state index < -0.39 is 5.54 Å². The fraction of sp³-hybridized carbons (Fsp3) is 0.889. The van der Waals surface area contributed by atoms with Gasteiger partial charge in [0, 0.05) is 12.1 Å². The van der Waals surface area contributed by atoms with Crippen LogP contribution in [0.5, 0.6) is 0 Å². The molecule has 2 saturated heterocycles. The van der Waals surface area contributed by atoms with Crippen LogP contribution in [0, 0.1) is 0 Å². The van der Waals surface area contributed by atoms with E-state index in [1.807, 2.05) is 0 Å². The Morgan fingerprint density at radius 3 is 2.31 bits per heavy atom. The molecular weight excluding hydrogens is 166 g/mol. The lowest BCUT2D eigenvalue weighted by Gasteiger charge is -2.44. The number of rotatable bonds is 1. The SMILES string of the molecule is NC(=O)C1(N)CC2CCCC(C1)N2. The minimum atomic E-state index is -0.749. The summed E-state index contributed by atoms with van der Waals surface area (Å²) in [6, 6.07) is 0.815. The number of nitrogens with one attached hydrogen (secondary N) is 1. The van der Waals surface area contributed by atoms with Crippen molar-refractivity contribution in [3.05, 3.63) is 0 Å². The molecule has 2 aliphatic heterocycles. The van der Waals surface area contributed by atoms with Gasteiger partial charge in [0.05, 0.1) is 5.54 Å². The molecule has 0 spiro atoms. The van der Waals surface area contributed by atoms with Crippen molar-refractivity contribution >= 4 is 5.91 Å². The van der Waals surface area contributed by atoms with Gasteiger partial charge in [0.1, 0.15) is 0 Å². The van der Waals surface area contributed by atoms with Gasteiger partial charge in [-0.2, -0.15) is 0 Å². The largest absolute Gasteiger partial charge is 0.368 e. The Bertz CT molecular complexity index is 217. The highest BCUT2D eigenvalue weighted by atomic mass is 16.1. The summed E-state index contributed by atoms with van der Waals surface area (Å²) in [7, 11) is 0. The van der Waals surface area contributed by atoms with Crippen molar-refractivity contribution in [2.45, 2.75) is 49.7 Å². The molecule has 0 aromatic heterocycles. The standard InChI is InChI=1S/C9H17N3O/c10-8(13)9(11)4-6-2-1-3-7(5-9)12-6/h6-7,12H,1-5,11H2,(H2,10,13). The van der Waals surface area contributed by atoms with Crippen LogP contribution >= 0.6 is 0 Å². The second-order valence-corrected chi connectivity index (χ2v) is 4.42. The van der Waals surface area contributed by atoms with Gasteiger partial charge in [-0.3, -0.25) is 4.79 Å². The molecule has 5 N–H and O–H groups in total. The molecule has 2 bridgehead atoms. The smallest absolute Gasteiger partial charge is 0.237 e. The predicted octanol–water partition coefficient (Wildman–Crippen LogP) is -0.526. The van der Waals surface area contributed by atoms with E-state index in [9.17, 15) is 4.79 Å². The van der Waals surface area contributed by atoms with Gasteiger partial charge < -0.3 is 16.8 Å². The molecule has 0 aromatic carbocycles. The maximum Gasteiger partial charge on any atom is 0.237 e. The Labute approximate surface area is 78.0 Å². The fourth-order valence-corrected chi connectivity index (χ4v) is 2.60. The van der Waals surface area contributed by atoms with E-state index in [1.165, 1.54) is 6.42 Å². The van der Waals surface area contributed by atoms with E-state index in [0.29, 0.717) is 24.9 Å². The lowest BCUT2D eigenvalue weighted by molar-refractivity contribution is -0.125. The predicted molar refractivity (Wildman–Crippen MR) is 49.9 cm³/mol. The molecule has 2 fully saturated rings. The van der Waals surface area contributed by atoms with Gasteiger partial charge in [-0.25, -0.2) is 0 Å². The minimum absolute atomic E-state index is 0.342. The number of primary amides is 1. The third kappa shape index (κ3) is 1.56. The minimum Gasteiger partial charge on any atom is -0.368 e. The van der Waals surface area contributed by atoms with Crippen LogP contribution in [0.15, 0.2) is 0 Å². The lowest BCUT2D eigenvalue weighted by Crippen LogP contribution is -2.64. The van der Waals surface area contributed by atoms with Crippen LogP contribution in [0.2, 0.25) is 0 Å². The third-order valence-corrected chi connectivity index (χ3v) is 3.29. The Hall–Kier alpha value is -0.610. The van der Waals surface area contributed by atoms with Gasteiger partial charge in [0.15, 0.2) is 0 Å². The first-order valence-corrected chi connectivity index (χ1v) is 4.95. The molecule has 0 aliphatic carbocycles. The molecule has 4 heteroatoms. The van der Waals surface area contributed by atoms with Gasteiger partial charge in [-0.15, -0.1) is 0 Å². The van der Waals surface area contributed by atoms with E-state index >= 15 is 0 Å². The first kappa shape index (κ1) is 8.97. The maximum absolute atomic E-state index is 11.2. The average molecular weight is 183 g/mol. The summed E-state index contributed by atoms with van der Waals surface area (Å²) in [6.07, 6.45) is 4.92. The lowest BCUT2D eigenvalue weighted by atomic mass is 9.75. The van der Waals surface area contributed by atoms with Crippen LogP contribution < -0.4 is 16.8 Å². The van der Waals surface area contributed by atoms with Crippen LogP contribution in [0.1, 0.15) is 32.1 Å². The van der Waals surface area contributed by atoms with Gasteiger partial charge in [-0.1, -0.05) is 6.42 Å². The van der Waals surface area contributed by atoms with Crippen LogP contribution in [0.4, 0.5) is 0 Å². The fourth-order valence-electron chi connectivity index (χ4n) is 2.60. The molecule has 74 valence electrons. The highest BCUT2D eigenvalue weighted by molar-refractivity contribution is 5.84. The van der Waals surface area contributed by atoms with Crippen molar-refractivity contribution in [3.63, 3.8) is 0 Å². The summed E-state index contributed by atoms with van der Waals surface area (Å²) in [5.74, 6) is -0.342. The van der Waals surface area contributed by atoms with E-state index in [2.05, 4.69) is 5.32 Å². The van der Waals surface area contributed by atoms with Gasteiger partial charge >= 0.3 is 0 Å². The summed E-state index contributed by atoms with van der Waals surface area (Å²) in [5, 5.41) is 3.48. The number of hydrogen-bond acceptors (Lipinski definition) is 3. The Kier molecular flexibility index (Phi) is 2.04. The first-order valence-electron chi connectivity index (χ1n) is 4.95. The van der Waals surface area contributed by atoms with Crippen molar-refractivity contribution in [1.29, 1.82) is 0 Å². The zero-order chi connectivity index (χ0) is 9.47. The summed E-state index contributed by atoms with van der Waals surface area (Å²) < 4.78 is 0. The second-order valence-electron chi connectivity index (χ2n) is 4.42. The second kappa shape index (κ2) is 2.96. The molecule has 1 amide bonds. The molecule has 4 nitrogen and oxygen atoms in total. The van der Waals surface area contributed by atoms with Crippen LogP contribution in [0.25, 0.3) is 0 Å². The summed E-state index contributed by atoms with van der Waals surface area (Å²) in [5.41, 5.74) is 10.5. The Balaban J connectivity index is 2.13. The van der Waals surface area contributed by atoms with Crippen LogP contribution in [-0.2, 0) is 4.79 Å². The molecule has 2 rings (SSSR count). The van der Waals surface area contributed by atoms with Gasteiger partial charge in [-0.05, 0) is 25.7 Å². The molecule has 2 aliphatic rings. The van der Waals surface area contributed by atoms with Crippen LogP contribution in [-0.4, -0.2) is 23.5 Å². The summed E-state index contributed by atoms with van der Waals surface area (Å²) >= 11 is 0. The number of carbonyl (C=O) groups excluding carboxylic acids is 1. The molecule has 13 heavy (non-hydrogen) atoms. The van der Waals surface area contributed by atoms with Crippen molar-refractivity contribution in [1.82, 2.24) is 5.32 Å². The average Bonchev–Trinajstić information content (AvgIpc) is 2.02. The molecule has 2 atom stereocenters. The summed E-state index contributed by atoms with van der Waals surface area (Å²) in [6.45, 7) is 0. The molecule has 2 unspecified atom stereocenters.